The van der Waals surface area contributed by atoms with Gasteiger partial charge in [0.25, 0.3) is 12.0 Å². The highest BCUT2D eigenvalue weighted by Crippen LogP contribution is 2.31. The topological polar surface area (TPSA) is 63.7 Å². The first-order valence-corrected chi connectivity index (χ1v) is 7.72. The van der Waals surface area contributed by atoms with E-state index in [9.17, 15) is 18.0 Å². The van der Waals surface area contributed by atoms with Gasteiger partial charge in [-0.1, -0.05) is 13.0 Å². The molecule has 2 aromatic heterocycles. The SMILES string of the molecule is CC/C=C/c1ccc2c(=O)n(C)c3cc(C(F)(F)F)ccc3n12.O=CO. The van der Waals surface area contributed by atoms with Crippen molar-refractivity contribution in [3.63, 3.8) is 0 Å². The monoisotopic (exact) mass is 366 g/mol. The number of rotatable bonds is 2. The molecule has 1 N–H and O–H groups in total. The molecular formula is C18H17F3N2O3. The highest BCUT2D eigenvalue weighted by molar-refractivity contribution is 5.81. The highest BCUT2D eigenvalue weighted by atomic mass is 19.4. The van der Waals surface area contributed by atoms with E-state index in [4.69, 9.17) is 9.90 Å². The van der Waals surface area contributed by atoms with Crippen LogP contribution >= 0.6 is 0 Å². The second-order valence-electron chi connectivity index (χ2n) is 5.46. The smallest absolute Gasteiger partial charge is 0.416 e. The summed E-state index contributed by atoms with van der Waals surface area (Å²) in [7, 11) is 1.49. The molecule has 0 unspecified atom stereocenters. The standard InChI is InChI=1S/C17H15F3N2O.CH2O2/c1-3-4-5-12-7-9-14-16(23)21(2)15-10-11(17(18,19)20)6-8-13(15)22(12)14;2-1-3/h4-10H,3H2,1-2H3;1H,(H,2,3)/b5-4+;. The third kappa shape index (κ3) is 3.49. The zero-order valence-corrected chi connectivity index (χ0v) is 14.1. The average molecular weight is 366 g/mol. The van der Waals surface area contributed by atoms with Gasteiger partial charge < -0.3 is 14.1 Å². The van der Waals surface area contributed by atoms with Gasteiger partial charge in [0.1, 0.15) is 5.52 Å². The molecule has 2 heterocycles. The van der Waals surface area contributed by atoms with Crippen LogP contribution < -0.4 is 5.56 Å². The normalized spacial score (nSPS) is 11.7. The zero-order chi connectivity index (χ0) is 19.5. The van der Waals surface area contributed by atoms with Crippen LogP contribution in [0, 0.1) is 0 Å². The summed E-state index contributed by atoms with van der Waals surface area (Å²) in [5.41, 5.74) is 0.931. The maximum absolute atomic E-state index is 12.9. The zero-order valence-electron chi connectivity index (χ0n) is 14.1. The Balaban J connectivity index is 0.000000758. The Morgan fingerprint density at radius 1 is 1.12 bits per heavy atom. The maximum atomic E-state index is 12.9. The van der Waals surface area contributed by atoms with Crippen molar-refractivity contribution in [1.29, 1.82) is 0 Å². The molecule has 0 aliphatic carbocycles. The number of carbonyl (C=O) groups is 1. The molecular weight excluding hydrogens is 349 g/mol. The summed E-state index contributed by atoms with van der Waals surface area (Å²) in [4.78, 5) is 20.8. The lowest BCUT2D eigenvalue weighted by atomic mass is 10.1. The van der Waals surface area contributed by atoms with E-state index in [0.717, 1.165) is 24.2 Å². The van der Waals surface area contributed by atoms with Crippen LogP contribution in [0.15, 0.2) is 41.2 Å². The van der Waals surface area contributed by atoms with Gasteiger partial charge in [-0.2, -0.15) is 13.2 Å². The number of aromatic nitrogens is 2. The first kappa shape index (κ1) is 19.3. The molecule has 3 rings (SSSR count). The number of fused-ring (bicyclic) bond motifs is 3. The predicted molar refractivity (Wildman–Crippen MR) is 93.2 cm³/mol. The lowest BCUT2D eigenvalue weighted by Crippen LogP contribution is -2.20. The number of nitrogens with zero attached hydrogens (tertiary/aromatic N) is 2. The highest BCUT2D eigenvalue weighted by Gasteiger charge is 2.31. The molecule has 0 saturated carbocycles. The summed E-state index contributed by atoms with van der Waals surface area (Å²) in [6.45, 7) is 1.74. The van der Waals surface area contributed by atoms with Gasteiger partial charge in [-0.05, 0) is 42.8 Å². The summed E-state index contributed by atoms with van der Waals surface area (Å²) in [5, 5.41) is 6.89. The molecule has 0 radical (unpaired) electrons. The number of allylic oxidation sites excluding steroid dienone is 1. The predicted octanol–water partition coefficient (Wildman–Crippen LogP) is 3.93. The average Bonchev–Trinajstić information content (AvgIpc) is 3.01. The third-order valence-corrected chi connectivity index (χ3v) is 3.86. The van der Waals surface area contributed by atoms with Gasteiger partial charge in [0.15, 0.2) is 0 Å². The second-order valence-corrected chi connectivity index (χ2v) is 5.46. The lowest BCUT2D eigenvalue weighted by Gasteiger charge is -2.13. The van der Waals surface area contributed by atoms with E-state index in [0.29, 0.717) is 11.0 Å². The van der Waals surface area contributed by atoms with E-state index in [1.807, 2.05) is 19.1 Å². The minimum absolute atomic E-state index is 0.250. The summed E-state index contributed by atoms with van der Waals surface area (Å²) >= 11 is 0. The van der Waals surface area contributed by atoms with Crippen LogP contribution in [0.1, 0.15) is 24.6 Å². The molecule has 0 atom stereocenters. The largest absolute Gasteiger partial charge is 0.483 e. The van der Waals surface area contributed by atoms with Crippen molar-refractivity contribution in [3.8, 4) is 0 Å². The van der Waals surface area contributed by atoms with E-state index in [2.05, 4.69) is 0 Å². The van der Waals surface area contributed by atoms with E-state index in [-0.39, 0.29) is 17.5 Å². The quantitative estimate of drug-likeness (QED) is 0.699. The van der Waals surface area contributed by atoms with Crippen molar-refractivity contribution in [2.45, 2.75) is 19.5 Å². The first-order chi connectivity index (χ1) is 12.3. The van der Waals surface area contributed by atoms with Gasteiger partial charge in [0, 0.05) is 12.7 Å². The molecule has 3 aromatic rings. The maximum Gasteiger partial charge on any atom is 0.416 e. The molecule has 0 aliphatic rings. The number of halogens is 3. The summed E-state index contributed by atoms with van der Waals surface area (Å²) < 4.78 is 41.8. The molecule has 8 heteroatoms. The Morgan fingerprint density at radius 3 is 2.31 bits per heavy atom. The molecule has 0 aliphatic heterocycles. The van der Waals surface area contributed by atoms with Gasteiger partial charge in [-0.15, -0.1) is 0 Å². The Labute approximate surface area is 146 Å². The molecule has 5 nitrogen and oxygen atoms in total. The van der Waals surface area contributed by atoms with E-state index >= 15 is 0 Å². The number of hydrogen-bond acceptors (Lipinski definition) is 2. The van der Waals surface area contributed by atoms with Crippen LogP contribution in [0.2, 0.25) is 0 Å². The van der Waals surface area contributed by atoms with Crippen LogP contribution in [0.3, 0.4) is 0 Å². The van der Waals surface area contributed by atoms with Gasteiger partial charge in [0.05, 0.1) is 16.6 Å². The Kier molecular flexibility index (Phi) is 5.54. The van der Waals surface area contributed by atoms with Crippen molar-refractivity contribution < 1.29 is 23.1 Å². The first-order valence-electron chi connectivity index (χ1n) is 7.72. The second kappa shape index (κ2) is 7.47. The van der Waals surface area contributed by atoms with Crippen LogP contribution in [-0.4, -0.2) is 20.5 Å². The Hall–Kier alpha value is -3.03. The Bertz CT molecular complexity index is 1030. The van der Waals surface area contributed by atoms with E-state index in [1.165, 1.54) is 17.7 Å². The number of aryl methyl sites for hydroxylation is 1. The fourth-order valence-corrected chi connectivity index (χ4v) is 2.70. The minimum atomic E-state index is -4.44. The van der Waals surface area contributed by atoms with Gasteiger partial charge in [0.2, 0.25) is 0 Å². The fourth-order valence-electron chi connectivity index (χ4n) is 2.70. The number of benzene rings is 1. The van der Waals surface area contributed by atoms with Crippen molar-refractivity contribution in [1.82, 2.24) is 8.97 Å². The van der Waals surface area contributed by atoms with Crippen molar-refractivity contribution in [2.24, 2.45) is 7.05 Å². The molecule has 0 amide bonds. The summed E-state index contributed by atoms with van der Waals surface area (Å²) in [6, 6.07) is 6.95. The third-order valence-electron chi connectivity index (χ3n) is 3.86. The molecule has 0 fully saturated rings. The van der Waals surface area contributed by atoms with Crippen LogP contribution in [0.5, 0.6) is 0 Å². The summed E-state index contributed by atoms with van der Waals surface area (Å²) in [5.74, 6) is 0. The minimum Gasteiger partial charge on any atom is -0.483 e. The fraction of sp³-hybridized carbons (Fsp3) is 0.222. The number of alkyl halides is 3. The van der Waals surface area contributed by atoms with E-state index in [1.54, 1.807) is 16.5 Å². The van der Waals surface area contributed by atoms with Gasteiger partial charge in [-0.25, -0.2) is 0 Å². The molecule has 0 spiro atoms. The van der Waals surface area contributed by atoms with Crippen molar-refractivity contribution >= 4 is 29.1 Å². The molecule has 138 valence electrons. The van der Waals surface area contributed by atoms with Gasteiger partial charge >= 0.3 is 6.18 Å². The lowest BCUT2D eigenvalue weighted by molar-refractivity contribution is -0.137. The van der Waals surface area contributed by atoms with Crippen LogP contribution in [0.25, 0.3) is 22.6 Å². The number of carboxylic acid groups (broad SMARTS) is 1. The van der Waals surface area contributed by atoms with Crippen molar-refractivity contribution in [2.75, 3.05) is 0 Å². The molecule has 0 saturated heterocycles. The number of hydrogen-bond donors (Lipinski definition) is 1. The van der Waals surface area contributed by atoms with Crippen LogP contribution in [-0.2, 0) is 18.0 Å². The Morgan fingerprint density at radius 2 is 1.73 bits per heavy atom. The van der Waals surface area contributed by atoms with Gasteiger partial charge in [-0.3, -0.25) is 9.59 Å². The van der Waals surface area contributed by atoms with E-state index < -0.39 is 11.7 Å². The summed E-state index contributed by atoms with van der Waals surface area (Å²) in [6.07, 6.45) is 0.188. The molecule has 0 bridgehead atoms. The molecule has 26 heavy (non-hydrogen) atoms. The van der Waals surface area contributed by atoms with Crippen LogP contribution in [0.4, 0.5) is 13.2 Å². The molecule has 1 aromatic carbocycles. The van der Waals surface area contributed by atoms with Crippen molar-refractivity contribution in [3.05, 3.63) is 58.0 Å².